The molecule has 3 rings (SSSR count). The van der Waals surface area contributed by atoms with Crippen molar-refractivity contribution in [2.45, 2.75) is 12.8 Å². The molecule has 1 N–H and O–H groups in total. The fourth-order valence-corrected chi connectivity index (χ4v) is 2.65. The lowest BCUT2D eigenvalue weighted by molar-refractivity contribution is -0.384. The minimum absolute atomic E-state index is 0.0144. The van der Waals surface area contributed by atoms with Crippen molar-refractivity contribution in [1.29, 1.82) is 0 Å². The van der Waals surface area contributed by atoms with E-state index >= 15 is 0 Å². The highest BCUT2D eigenvalue weighted by atomic mass is 16.6. The smallest absolute Gasteiger partial charge is 0.271 e. The molecule has 0 aromatic heterocycles. The monoisotopic (exact) mass is 352 g/mol. The molecule has 2 aromatic rings. The Morgan fingerprint density at radius 2 is 2.00 bits per heavy atom. The number of nitro groups is 1. The molecule has 1 heterocycles. The Bertz CT molecular complexity index is 877. The van der Waals surface area contributed by atoms with E-state index < -0.39 is 10.8 Å². The van der Waals surface area contributed by atoms with Crippen molar-refractivity contribution in [1.82, 2.24) is 5.43 Å². The normalized spacial score (nSPS) is 14.0. The van der Waals surface area contributed by atoms with Crippen molar-refractivity contribution in [3.8, 4) is 0 Å². The quantitative estimate of drug-likeness (QED) is 0.507. The number of rotatable bonds is 5. The van der Waals surface area contributed by atoms with Gasteiger partial charge < -0.3 is 4.90 Å². The number of amides is 2. The number of nitrogens with zero attached hydrogens (tertiary/aromatic N) is 3. The van der Waals surface area contributed by atoms with Crippen LogP contribution in [0.1, 0.15) is 28.8 Å². The highest BCUT2D eigenvalue weighted by molar-refractivity contribution is 5.99. The standard InChI is InChI=1S/C18H16N4O4/c23-17-5-2-10-21(17)16-4-1-3-14(11-16)18(24)20-19-12-13-6-8-15(9-7-13)22(25)26/h1,3-4,6-9,11-12H,2,5,10H2,(H,20,24)/b19-12-. The molecular formula is C18H16N4O4. The molecular weight excluding hydrogens is 336 g/mol. The number of non-ortho nitro benzene ring substituents is 1. The van der Waals surface area contributed by atoms with Gasteiger partial charge in [0.05, 0.1) is 11.1 Å². The van der Waals surface area contributed by atoms with E-state index in [1.54, 1.807) is 29.2 Å². The molecule has 1 fully saturated rings. The Kier molecular flexibility index (Phi) is 5.02. The Hall–Kier alpha value is -3.55. The van der Waals surface area contributed by atoms with Crippen molar-refractivity contribution in [2.24, 2.45) is 5.10 Å². The van der Waals surface area contributed by atoms with Crippen LogP contribution in [-0.2, 0) is 4.79 Å². The zero-order valence-electron chi connectivity index (χ0n) is 13.8. The summed E-state index contributed by atoms with van der Waals surface area (Å²) in [6, 6.07) is 12.6. The molecule has 1 aliphatic heterocycles. The summed E-state index contributed by atoms with van der Waals surface area (Å²) in [4.78, 5) is 35.8. The van der Waals surface area contributed by atoms with E-state index in [2.05, 4.69) is 10.5 Å². The summed E-state index contributed by atoms with van der Waals surface area (Å²) in [5, 5.41) is 14.5. The average Bonchev–Trinajstić information content (AvgIpc) is 3.08. The number of hydrazone groups is 1. The molecule has 26 heavy (non-hydrogen) atoms. The number of carbonyl (C=O) groups is 2. The second-order valence-corrected chi connectivity index (χ2v) is 5.75. The molecule has 0 atom stereocenters. The van der Waals surface area contributed by atoms with Crippen molar-refractivity contribution < 1.29 is 14.5 Å². The average molecular weight is 352 g/mol. The third-order valence-corrected chi connectivity index (χ3v) is 3.98. The summed E-state index contributed by atoms with van der Waals surface area (Å²) in [5.74, 6) is -0.351. The van der Waals surface area contributed by atoms with Crippen LogP contribution in [0.5, 0.6) is 0 Å². The van der Waals surface area contributed by atoms with Gasteiger partial charge in [0.15, 0.2) is 0 Å². The molecule has 0 unspecified atom stereocenters. The number of benzene rings is 2. The minimum Gasteiger partial charge on any atom is -0.312 e. The highest BCUT2D eigenvalue weighted by Gasteiger charge is 2.22. The Labute approximate surface area is 149 Å². The van der Waals surface area contributed by atoms with Gasteiger partial charge in [0.2, 0.25) is 5.91 Å². The molecule has 0 spiro atoms. The first-order chi connectivity index (χ1) is 12.5. The molecule has 1 aliphatic rings. The molecule has 0 bridgehead atoms. The summed E-state index contributed by atoms with van der Waals surface area (Å²) < 4.78 is 0. The summed E-state index contributed by atoms with van der Waals surface area (Å²) >= 11 is 0. The second kappa shape index (κ2) is 7.56. The van der Waals surface area contributed by atoms with Crippen LogP contribution < -0.4 is 10.3 Å². The first-order valence-corrected chi connectivity index (χ1v) is 8.03. The third-order valence-electron chi connectivity index (χ3n) is 3.98. The van der Waals surface area contributed by atoms with Gasteiger partial charge in [-0.3, -0.25) is 19.7 Å². The SMILES string of the molecule is O=C(N/N=C\c1ccc([N+](=O)[O-])cc1)c1cccc(N2CCCC2=O)c1. The van der Waals surface area contributed by atoms with Gasteiger partial charge in [0.25, 0.3) is 11.6 Å². The topological polar surface area (TPSA) is 105 Å². The van der Waals surface area contributed by atoms with Crippen LogP contribution in [-0.4, -0.2) is 29.5 Å². The van der Waals surface area contributed by atoms with Crippen molar-refractivity contribution >= 4 is 29.4 Å². The van der Waals surface area contributed by atoms with E-state index in [1.165, 1.54) is 30.5 Å². The largest absolute Gasteiger partial charge is 0.312 e. The van der Waals surface area contributed by atoms with E-state index in [0.29, 0.717) is 29.8 Å². The number of anilines is 1. The molecule has 0 aliphatic carbocycles. The minimum atomic E-state index is -0.485. The Balaban J connectivity index is 1.64. The lowest BCUT2D eigenvalue weighted by Crippen LogP contribution is -2.24. The lowest BCUT2D eigenvalue weighted by atomic mass is 10.2. The fourth-order valence-electron chi connectivity index (χ4n) is 2.65. The number of hydrogen-bond donors (Lipinski definition) is 1. The Morgan fingerprint density at radius 3 is 2.65 bits per heavy atom. The zero-order chi connectivity index (χ0) is 18.5. The van der Waals surface area contributed by atoms with Gasteiger partial charge >= 0.3 is 0 Å². The number of carbonyl (C=O) groups excluding carboxylic acids is 2. The van der Waals surface area contributed by atoms with E-state index in [9.17, 15) is 19.7 Å². The van der Waals surface area contributed by atoms with Gasteiger partial charge in [0, 0.05) is 36.3 Å². The van der Waals surface area contributed by atoms with Crippen LogP contribution in [0.25, 0.3) is 0 Å². The summed E-state index contributed by atoms with van der Waals surface area (Å²) in [6.45, 7) is 0.655. The van der Waals surface area contributed by atoms with E-state index in [1.807, 2.05) is 0 Å². The van der Waals surface area contributed by atoms with Crippen LogP contribution in [0.15, 0.2) is 53.6 Å². The Morgan fingerprint density at radius 1 is 1.23 bits per heavy atom. The van der Waals surface area contributed by atoms with Crippen LogP contribution in [0.4, 0.5) is 11.4 Å². The number of hydrogen-bond acceptors (Lipinski definition) is 5. The van der Waals surface area contributed by atoms with Crippen molar-refractivity contribution in [3.05, 3.63) is 69.8 Å². The predicted octanol–water partition coefficient (Wildman–Crippen LogP) is 2.49. The second-order valence-electron chi connectivity index (χ2n) is 5.75. The fraction of sp³-hybridized carbons (Fsp3) is 0.167. The van der Waals surface area contributed by atoms with Gasteiger partial charge in [-0.1, -0.05) is 6.07 Å². The summed E-state index contributed by atoms with van der Waals surface area (Å²) in [7, 11) is 0. The highest BCUT2D eigenvalue weighted by Crippen LogP contribution is 2.22. The van der Waals surface area contributed by atoms with Gasteiger partial charge in [-0.2, -0.15) is 5.10 Å². The molecule has 2 aromatic carbocycles. The molecule has 132 valence electrons. The predicted molar refractivity (Wildman–Crippen MR) is 96.2 cm³/mol. The molecule has 1 saturated heterocycles. The molecule has 8 heteroatoms. The summed E-state index contributed by atoms with van der Waals surface area (Å²) in [5.41, 5.74) is 4.10. The van der Waals surface area contributed by atoms with Gasteiger partial charge in [0.1, 0.15) is 0 Å². The molecule has 0 saturated carbocycles. The number of nitro benzene ring substituents is 1. The number of nitrogens with one attached hydrogen (secondary N) is 1. The van der Waals surface area contributed by atoms with E-state index in [-0.39, 0.29) is 11.6 Å². The summed E-state index contributed by atoms with van der Waals surface area (Å²) in [6.07, 6.45) is 2.74. The van der Waals surface area contributed by atoms with Gasteiger partial charge in [-0.25, -0.2) is 5.43 Å². The molecule has 0 radical (unpaired) electrons. The zero-order valence-corrected chi connectivity index (χ0v) is 13.8. The van der Waals surface area contributed by atoms with Crippen LogP contribution >= 0.6 is 0 Å². The van der Waals surface area contributed by atoms with Crippen LogP contribution in [0.3, 0.4) is 0 Å². The van der Waals surface area contributed by atoms with Crippen LogP contribution in [0, 0.1) is 10.1 Å². The van der Waals surface area contributed by atoms with Gasteiger partial charge in [-0.15, -0.1) is 0 Å². The lowest BCUT2D eigenvalue weighted by Gasteiger charge is -2.16. The van der Waals surface area contributed by atoms with Crippen molar-refractivity contribution in [2.75, 3.05) is 11.4 Å². The van der Waals surface area contributed by atoms with Crippen LogP contribution in [0.2, 0.25) is 0 Å². The maximum Gasteiger partial charge on any atom is 0.271 e. The van der Waals surface area contributed by atoms with Crippen molar-refractivity contribution in [3.63, 3.8) is 0 Å². The first kappa shape index (κ1) is 17.3. The maximum absolute atomic E-state index is 12.2. The van der Waals surface area contributed by atoms with E-state index in [4.69, 9.17) is 0 Å². The van der Waals surface area contributed by atoms with Gasteiger partial charge in [-0.05, 0) is 42.3 Å². The molecule has 8 nitrogen and oxygen atoms in total. The third kappa shape index (κ3) is 3.92. The first-order valence-electron chi connectivity index (χ1n) is 8.03. The van der Waals surface area contributed by atoms with E-state index in [0.717, 1.165) is 6.42 Å². The molecule has 2 amide bonds. The maximum atomic E-state index is 12.2.